The second-order valence-electron chi connectivity index (χ2n) is 6.44. The zero-order valence-corrected chi connectivity index (χ0v) is 20.4. The molecular formula is C18H37KO5S. The minimum atomic E-state index is -4.58. The molecular weight excluding hydrogens is 367 g/mol. The van der Waals surface area contributed by atoms with E-state index in [1.54, 1.807) is 0 Å². The summed E-state index contributed by atoms with van der Waals surface area (Å²) in [6.45, 7) is 2.82. The minimum absolute atomic E-state index is 0. The van der Waals surface area contributed by atoms with Crippen LogP contribution in [-0.2, 0) is 19.3 Å². The van der Waals surface area contributed by atoms with Gasteiger partial charge in [0.2, 0.25) is 10.4 Å². The number of hydrogen-bond donors (Lipinski definition) is 0. The van der Waals surface area contributed by atoms with Gasteiger partial charge in [-0.15, -0.1) is 0 Å². The van der Waals surface area contributed by atoms with E-state index in [0.29, 0.717) is 6.61 Å². The summed E-state index contributed by atoms with van der Waals surface area (Å²) in [6.07, 6.45) is 18.4. The van der Waals surface area contributed by atoms with E-state index in [4.69, 9.17) is 4.74 Å². The zero-order valence-electron chi connectivity index (χ0n) is 16.5. The first kappa shape index (κ1) is 28.7. The van der Waals surface area contributed by atoms with Crippen LogP contribution in [0.3, 0.4) is 0 Å². The van der Waals surface area contributed by atoms with Gasteiger partial charge in [0.15, 0.2) is 0 Å². The van der Waals surface area contributed by atoms with Gasteiger partial charge in [-0.1, -0.05) is 90.4 Å². The first-order valence-corrected chi connectivity index (χ1v) is 11.1. The van der Waals surface area contributed by atoms with Crippen LogP contribution in [0.4, 0.5) is 0 Å². The Kier molecular flexibility index (Phi) is 25.0. The van der Waals surface area contributed by atoms with Crippen LogP contribution in [0.5, 0.6) is 0 Å². The van der Waals surface area contributed by atoms with Crippen molar-refractivity contribution in [3.63, 3.8) is 0 Å². The van der Waals surface area contributed by atoms with Crippen LogP contribution >= 0.6 is 0 Å². The third-order valence-corrected chi connectivity index (χ3v) is 4.55. The minimum Gasteiger partial charge on any atom is -0.726 e. The van der Waals surface area contributed by atoms with Crippen molar-refractivity contribution in [2.75, 3.05) is 19.8 Å². The standard InChI is InChI=1S/C18H38O5S.K/c1-2-3-4-5-6-7-8-9-10-11-12-13-14-15-16-22-17-18-23-24(19,20)21;/h2-18H2,1H3,(H,19,20,21);/q;+1/p-1. The first-order chi connectivity index (χ1) is 11.6. The Labute approximate surface area is 198 Å². The number of rotatable bonds is 19. The fraction of sp³-hybridized carbons (Fsp3) is 1.00. The summed E-state index contributed by atoms with van der Waals surface area (Å²) in [4.78, 5) is 0. The normalized spacial score (nSPS) is 11.4. The van der Waals surface area contributed by atoms with Crippen molar-refractivity contribution >= 4 is 10.4 Å². The van der Waals surface area contributed by atoms with Gasteiger partial charge < -0.3 is 9.29 Å². The molecule has 5 nitrogen and oxygen atoms in total. The molecule has 0 N–H and O–H groups in total. The second-order valence-corrected chi connectivity index (χ2v) is 7.49. The molecule has 0 radical (unpaired) electrons. The largest absolute Gasteiger partial charge is 1.00 e. The molecule has 0 aromatic heterocycles. The molecule has 0 aromatic rings. The SMILES string of the molecule is CCCCCCCCCCCCCCCCOCCOS(=O)(=O)[O-].[K+]. The van der Waals surface area contributed by atoms with Gasteiger partial charge in [-0.2, -0.15) is 0 Å². The Balaban J connectivity index is 0. The molecule has 0 fully saturated rings. The molecule has 0 aliphatic carbocycles. The molecule has 0 aliphatic heterocycles. The summed E-state index contributed by atoms with van der Waals surface area (Å²) < 4.78 is 39.8. The van der Waals surface area contributed by atoms with Gasteiger partial charge in [-0.05, 0) is 6.42 Å². The molecule has 7 heteroatoms. The average molecular weight is 405 g/mol. The fourth-order valence-electron chi connectivity index (χ4n) is 2.70. The third-order valence-electron chi connectivity index (χ3n) is 4.10. The molecule has 0 heterocycles. The number of hydrogen-bond acceptors (Lipinski definition) is 5. The number of unbranched alkanes of at least 4 members (excludes halogenated alkanes) is 13. The van der Waals surface area contributed by atoms with Gasteiger partial charge >= 0.3 is 51.4 Å². The topological polar surface area (TPSA) is 75.7 Å². The molecule has 0 atom stereocenters. The van der Waals surface area contributed by atoms with Crippen LogP contribution in [0, 0.1) is 0 Å². The Morgan fingerprint density at radius 3 is 1.44 bits per heavy atom. The van der Waals surface area contributed by atoms with Crippen LogP contribution in [0.15, 0.2) is 0 Å². The quantitative estimate of drug-likeness (QED) is 0.142. The van der Waals surface area contributed by atoms with E-state index in [-0.39, 0.29) is 64.6 Å². The van der Waals surface area contributed by atoms with Crippen molar-refractivity contribution in [2.45, 2.75) is 96.8 Å². The predicted molar refractivity (Wildman–Crippen MR) is 96.8 cm³/mol. The van der Waals surface area contributed by atoms with Gasteiger partial charge in [0.05, 0.1) is 13.2 Å². The van der Waals surface area contributed by atoms with E-state index in [9.17, 15) is 13.0 Å². The van der Waals surface area contributed by atoms with Crippen LogP contribution in [0.2, 0.25) is 0 Å². The van der Waals surface area contributed by atoms with Crippen molar-refractivity contribution in [1.82, 2.24) is 0 Å². The molecule has 0 saturated heterocycles. The molecule has 146 valence electrons. The monoisotopic (exact) mass is 404 g/mol. The van der Waals surface area contributed by atoms with Crippen molar-refractivity contribution in [3.05, 3.63) is 0 Å². The molecule has 0 saturated carbocycles. The maximum atomic E-state index is 10.2. The van der Waals surface area contributed by atoms with Gasteiger partial charge in [-0.3, -0.25) is 4.18 Å². The molecule has 0 spiro atoms. The Morgan fingerprint density at radius 1 is 0.640 bits per heavy atom. The van der Waals surface area contributed by atoms with E-state index >= 15 is 0 Å². The second kappa shape index (κ2) is 21.8. The molecule has 25 heavy (non-hydrogen) atoms. The Hall–Kier alpha value is 1.47. The molecule has 0 aromatic carbocycles. The molecule has 0 bridgehead atoms. The summed E-state index contributed by atoms with van der Waals surface area (Å²) >= 11 is 0. The van der Waals surface area contributed by atoms with Crippen LogP contribution in [-0.4, -0.2) is 32.8 Å². The van der Waals surface area contributed by atoms with Crippen molar-refractivity contribution < 1.29 is 73.3 Å². The summed E-state index contributed by atoms with van der Waals surface area (Å²) in [5.74, 6) is 0. The van der Waals surface area contributed by atoms with E-state index in [0.717, 1.165) is 12.8 Å². The van der Waals surface area contributed by atoms with E-state index in [1.165, 1.54) is 77.0 Å². The van der Waals surface area contributed by atoms with Gasteiger partial charge in [0, 0.05) is 6.61 Å². The van der Waals surface area contributed by atoms with E-state index in [1.807, 2.05) is 0 Å². The molecule has 0 rings (SSSR count). The summed E-state index contributed by atoms with van der Waals surface area (Å²) in [5, 5.41) is 0. The maximum Gasteiger partial charge on any atom is 1.00 e. The molecule has 0 unspecified atom stereocenters. The van der Waals surface area contributed by atoms with Gasteiger partial charge in [0.25, 0.3) is 0 Å². The molecule has 0 amide bonds. The fourth-order valence-corrected chi connectivity index (χ4v) is 2.97. The number of ether oxygens (including phenoxy) is 1. The van der Waals surface area contributed by atoms with E-state index in [2.05, 4.69) is 11.1 Å². The van der Waals surface area contributed by atoms with Gasteiger partial charge in [0.1, 0.15) is 0 Å². The zero-order chi connectivity index (χ0) is 17.9. The van der Waals surface area contributed by atoms with Crippen LogP contribution < -0.4 is 51.4 Å². The van der Waals surface area contributed by atoms with Crippen molar-refractivity contribution in [2.24, 2.45) is 0 Å². The average Bonchev–Trinajstić information content (AvgIpc) is 2.52. The van der Waals surface area contributed by atoms with Crippen molar-refractivity contribution in [3.8, 4) is 0 Å². The van der Waals surface area contributed by atoms with Crippen LogP contribution in [0.25, 0.3) is 0 Å². The Bertz CT molecular complexity index is 349. The smallest absolute Gasteiger partial charge is 0.726 e. The predicted octanol–water partition coefficient (Wildman–Crippen LogP) is 1.97. The summed E-state index contributed by atoms with van der Waals surface area (Å²) in [7, 11) is -4.58. The third kappa shape index (κ3) is 27.8. The summed E-state index contributed by atoms with van der Waals surface area (Å²) in [6, 6.07) is 0. The Morgan fingerprint density at radius 2 is 1.04 bits per heavy atom. The van der Waals surface area contributed by atoms with Gasteiger partial charge in [-0.25, -0.2) is 8.42 Å². The van der Waals surface area contributed by atoms with Crippen LogP contribution in [0.1, 0.15) is 96.8 Å². The van der Waals surface area contributed by atoms with Crippen molar-refractivity contribution in [1.29, 1.82) is 0 Å². The molecule has 0 aliphatic rings. The first-order valence-electron chi connectivity index (χ1n) is 9.74. The summed E-state index contributed by atoms with van der Waals surface area (Å²) in [5.41, 5.74) is 0. The van der Waals surface area contributed by atoms with E-state index < -0.39 is 10.4 Å². The maximum absolute atomic E-state index is 10.2.